The summed E-state index contributed by atoms with van der Waals surface area (Å²) in [6, 6.07) is 8.06. The summed E-state index contributed by atoms with van der Waals surface area (Å²) in [7, 11) is 0. The predicted molar refractivity (Wildman–Crippen MR) is 36.6 cm³/mol. The molecule has 0 nitrogen and oxygen atoms in total. The summed E-state index contributed by atoms with van der Waals surface area (Å²) in [5.41, 5.74) is 0.269. The first-order valence-corrected chi connectivity index (χ1v) is 2.86. The molecule has 0 heterocycles. The van der Waals surface area contributed by atoms with Crippen LogP contribution in [0.5, 0.6) is 0 Å². The molecule has 2 heteroatoms. The summed E-state index contributed by atoms with van der Waals surface area (Å²) in [6.07, 6.45) is -0.0463. The van der Waals surface area contributed by atoms with E-state index in [-0.39, 0.29) is 11.9 Å². The first-order valence-electron chi connectivity index (χ1n) is 2.86. The zero-order valence-electron chi connectivity index (χ0n) is 5.22. The van der Waals surface area contributed by atoms with Gasteiger partial charge in [0.15, 0.2) is 5.83 Å². The molecule has 0 bridgehead atoms. The number of hydrogen-bond donors (Lipinski definition) is 0. The van der Waals surface area contributed by atoms with Crippen LogP contribution >= 0.6 is 0 Å². The molecular weight excluding hydrogens is 134 g/mol. The fourth-order valence-electron chi connectivity index (χ4n) is 0.660. The van der Waals surface area contributed by atoms with Crippen LogP contribution < -0.4 is 0 Å². The van der Waals surface area contributed by atoms with E-state index in [4.69, 9.17) is 0 Å². The molecule has 10 heavy (non-hydrogen) atoms. The van der Waals surface area contributed by atoms with Crippen LogP contribution in [-0.2, 0) is 0 Å². The Hall–Kier alpha value is -1.18. The zero-order chi connectivity index (χ0) is 7.40. The van der Waals surface area contributed by atoms with Crippen LogP contribution in [0.25, 0.3) is 5.83 Å². The monoisotopic (exact) mass is 140 g/mol. The molecule has 0 atom stereocenters. The van der Waals surface area contributed by atoms with Gasteiger partial charge in [-0.3, -0.25) is 0 Å². The van der Waals surface area contributed by atoms with E-state index >= 15 is 0 Å². The maximum atomic E-state index is 12.4. The molecule has 0 saturated heterocycles. The maximum absolute atomic E-state index is 12.4. The maximum Gasteiger partial charge on any atom is 0.158 e. The van der Waals surface area contributed by atoms with Crippen molar-refractivity contribution in [3.63, 3.8) is 0 Å². The van der Waals surface area contributed by atoms with Crippen molar-refractivity contribution in [1.82, 2.24) is 0 Å². The number of rotatable bonds is 1. The van der Waals surface area contributed by atoms with Crippen LogP contribution in [0.1, 0.15) is 5.56 Å². The van der Waals surface area contributed by atoms with Gasteiger partial charge in [0.2, 0.25) is 0 Å². The van der Waals surface area contributed by atoms with Crippen molar-refractivity contribution in [3.05, 3.63) is 42.2 Å². The highest BCUT2D eigenvalue weighted by Crippen LogP contribution is 2.14. The van der Waals surface area contributed by atoms with Gasteiger partial charge in [0.25, 0.3) is 0 Å². The Labute approximate surface area is 57.8 Å². The molecule has 1 aromatic carbocycles. The summed E-state index contributed by atoms with van der Waals surface area (Å²) in [4.78, 5) is 0. The Morgan fingerprint density at radius 3 is 2.30 bits per heavy atom. The molecular formula is C8H6F2. The van der Waals surface area contributed by atoms with Crippen LogP contribution in [0.15, 0.2) is 36.7 Å². The van der Waals surface area contributed by atoms with Crippen LogP contribution in [0, 0.1) is 0 Å². The Morgan fingerprint density at radius 1 is 1.20 bits per heavy atom. The van der Waals surface area contributed by atoms with E-state index in [1.54, 1.807) is 18.2 Å². The minimum Gasteiger partial charge on any atom is -0.212 e. The third kappa shape index (κ3) is 1.41. The predicted octanol–water partition coefficient (Wildman–Crippen LogP) is 2.92. The lowest BCUT2D eigenvalue weighted by Gasteiger charge is -1.91. The summed E-state index contributed by atoms with van der Waals surface area (Å²) in [6.45, 7) is 0. The molecule has 52 valence electrons. The summed E-state index contributed by atoms with van der Waals surface area (Å²) < 4.78 is 23.9. The Kier molecular flexibility index (Phi) is 2.15. The van der Waals surface area contributed by atoms with E-state index < -0.39 is 5.83 Å². The van der Waals surface area contributed by atoms with Crippen LogP contribution in [0.4, 0.5) is 8.78 Å². The van der Waals surface area contributed by atoms with Gasteiger partial charge >= 0.3 is 0 Å². The van der Waals surface area contributed by atoms with Crippen molar-refractivity contribution < 1.29 is 8.78 Å². The highest BCUT2D eigenvalue weighted by molar-refractivity contribution is 5.57. The molecule has 0 amide bonds. The topological polar surface area (TPSA) is 0 Å². The molecule has 0 aliphatic carbocycles. The molecule has 0 fully saturated rings. The van der Waals surface area contributed by atoms with Gasteiger partial charge in [-0.15, -0.1) is 0 Å². The molecule has 0 N–H and O–H groups in total. The molecule has 0 radical (unpaired) electrons. The fraction of sp³-hybridized carbons (Fsp3) is 0. The zero-order valence-corrected chi connectivity index (χ0v) is 5.22. The van der Waals surface area contributed by atoms with Crippen molar-refractivity contribution in [2.24, 2.45) is 0 Å². The number of benzene rings is 1. The highest BCUT2D eigenvalue weighted by Gasteiger charge is 1.95. The van der Waals surface area contributed by atoms with Gasteiger partial charge in [0.05, 0.1) is 0 Å². The van der Waals surface area contributed by atoms with E-state index in [1.807, 2.05) is 0 Å². The average molecular weight is 140 g/mol. The van der Waals surface area contributed by atoms with Gasteiger partial charge < -0.3 is 0 Å². The van der Waals surface area contributed by atoms with E-state index in [1.165, 1.54) is 12.1 Å². The Bertz CT molecular complexity index is 226. The van der Waals surface area contributed by atoms with Gasteiger partial charge in [-0.05, 0) is 0 Å². The smallest absolute Gasteiger partial charge is 0.158 e. The van der Waals surface area contributed by atoms with Crippen molar-refractivity contribution in [1.29, 1.82) is 0 Å². The normalized spacial score (nSPS) is 11.6. The number of halogens is 2. The molecule has 0 aliphatic heterocycles. The number of hydrogen-bond acceptors (Lipinski definition) is 0. The van der Waals surface area contributed by atoms with Crippen molar-refractivity contribution in [2.45, 2.75) is 0 Å². The van der Waals surface area contributed by atoms with Gasteiger partial charge in [0, 0.05) is 5.56 Å². The Morgan fingerprint density at radius 2 is 1.80 bits per heavy atom. The second-order valence-corrected chi connectivity index (χ2v) is 1.82. The van der Waals surface area contributed by atoms with Gasteiger partial charge in [-0.1, -0.05) is 30.3 Å². The lowest BCUT2D eigenvalue weighted by Crippen LogP contribution is -1.73. The summed E-state index contributed by atoms with van der Waals surface area (Å²) in [5.74, 6) is -0.833. The minimum absolute atomic E-state index is 0.0463. The molecule has 0 unspecified atom stereocenters. The molecule has 1 rings (SSSR count). The molecule has 0 aromatic heterocycles. The molecule has 0 aliphatic rings. The first-order chi connectivity index (χ1) is 4.84. The standard InChI is InChI=1S/C8H6F2/c9-6-8(10)7-4-2-1-3-5-7/h1-6H/b8-6+. The van der Waals surface area contributed by atoms with Gasteiger partial charge in [0.1, 0.15) is 6.33 Å². The van der Waals surface area contributed by atoms with Crippen molar-refractivity contribution in [3.8, 4) is 0 Å². The summed E-state index contributed by atoms with van der Waals surface area (Å²) in [5, 5.41) is 0. The minimum atomic E-state index is -0.833. The van der Waals surface area contributed by atoms with Crippen molar-refractivity contribution in [2.75, 3.05) is 0 Å². The highest BCUT2D eigenvalue weighted by atomic mass is 19.2. The average Bonchev–Trinajstić information content (AvgIpc) is 2.05. The quantitative estimate of drug-likeness (QED) is 0.562. The third-order valence-corrected chi connectivity index (χ3v) is 1.15. The van der Waals surface area contributed by atoms with E-state index in [9.17, 15) is 8.78 Å². The fourth-order valence-corrected chi connectivity index (χ4v) is 0.660. The van der Waals surface area contributed by atoms with Crippen LogP contribution in [0.2, 0.25) is 0 Å². The molecule has 0 saturated carbocycles. The van der Waals surface area contributed by atoms with Crippen molar-refractivity contribution >= 4 is 5.83 Å². The Balaban J connectivity index is 2.96. The third-order valence-electron chi connectivity index (χ3n) is 1.15. The second kappa shape index (κ2) is 3.11. The van der Waals surface area contributed by atoms with E-state index in [0.29, 0.717) is 0 Å². The van der Waals surface area contributed by atoms with E-state index in [2.05, 4.69) is 0 Å². The van der Waals surface area contributed by atoms with Gasteiger partial charge in [-0.2, -0.15) is 0 Å². The lowest BCUT2D eigenvalue weighted by molar-refractivity contribution is 0.671. The first kappa shape index (κ1) is 6.93. The second-order valence-electron chi connectivity index (χ2n) is 1.82. The molecule has 0 spiro atoms. The van der Waals surface area contributed by atoms with Crippen LogP contribution in [-0.4, -0.2) is 0 Å². The van der Waals surface area contributed by atoms with Gasteiger partial charge in [-0.25, -0.2) is 8.78 Å². The molecule has 1 aromatic rings. The SMILES string of the molecule is F/C=C(/F)c1ccccc1. The summed E-state index contributed by atoms with van der Waals surface area (Å²) >= 11 is 0. The van der Waals surface area contributed by atoms with Crippen LogP contribution in [0.3, 0.4) is 0 Å². The lowest BCUT2D eigenvalue weighted by atomic mass is 10.2. The largest absolute Gasteiger partial charge is 0.212 e. The van der Waals surface area contributed by atoms with E-state index in [0.717, 1.165) is 0 Å².